The predicted molar refractivity (Wildman–Crippen MR) is 95.8 cm³/mol. The fourth-order valence-electron chi connectivity index (χ4n) is 4.16. The van der Waals surface area contributed by atoms with E-state index in [0.717, 1.165) is 0 Å². The number of rotatable bonds is 0. The molecule has 0 unspecified atom stereocenters. The zero-order valence-electron chi connectivity index (χ0n) is 15.5. The molecule has 0 bridgehead atoms. The van der Waals surface area contributed by atoms with Crippen LogP contribution in [0.2, 0.25) is 0 Å². The van der Waals surface area contributed by atoms with E-state index < -0.39 is 0 Å². The lowest BCUT2D eigenvalue weighted by Crippen LogP contribution is -2.17. The van der Waals surface area contributed by atoms with Crippen LogP contribution in [-0.2, 0) is 5.41 Å². The molecule has 114 valence electrons. The van der Waals surface area contributed by atoms with Crippen molar-refractivity contribution in [1.82, 2.24) is 0 Å². The Labute approximate surface area is 130 Å². The van der Waals surface area contributed by atoms with Gasteiger partial charge in [0.1, 0.15) is 0 Å². The van der Waals surface area contributed by atoms with E-state index in [9.17, 15) is 0 Å². The molecular formula is C21H30. The van der Waals surface area contributed by atoms with Crippen LogP contribution in [0.4, 0.5) is 0 Å². The lowest BCUT2D eigenvalue weighted by Gasteiger charge is -2.29. The monoisotopic (exact) mass is 282 g/mol. The van der Waals surface area contributed by atoms with Crippen molar-refractivity contribution in [1.29, 1.82) is 0 Å². The van der Waals surface area contributed by atoms with Gasteiger partial charge in [-0.3, -0.25) is 0 Å². The van der Waals surface area contributed by atoms with Gasteiger partial charge >= 0.3 is 0 Å². The van der Waals surface area contributed by atoms with Crippen LogP contribution >= 0.6 is 0 Å². The molecule has 0 spiro atoms. The molecular weight excluding hydrogens is 252 g/mol. The average molecular weight is 282 g/mol. The number of hydrogen-bond acceptors (Lipinski definition) is 0. The summed E-state index contributed by atoms with van der Waals surface area (Å²) >= 11 is 0. The Morgan fingerprint density at radius 3 is 1.14 bits per heavy atom. The quantitative estimate of drug-likeness (QED) is 0.532. The van der Waals surface area contributed by atoms with Gasteiger partial charge in [-0.05, 0) is 109 Å². The van der Waals surface area contributed by atoms with Crippen LogP contribution < -0.4 is 0 Å². The Hall–Kier alpha value is -1.30. The van der Waals surface area contributed by atoms with Gasteiger partial charge in [0.2, 0.25) is 0 Å². The van der Waals surface area contributed by atoms with Crippen molar-refractivity contribution >= 4 is 10.8 Å². The van der Waals surface area contributed by atoms with Gasteiger partial charge in [-0.2, -0.15) is 0 Å². The van der Waals surface area contributed by atoms with Crippen LogP contribution in [0.3, 0.4) is 0 Å². The minimum absolute atomic E-state index is 0.187. The molecule has 0 aliphatic carbocycles. The third-order valence-electron chi connectivity index (χ3n) is 5.50. The van der Waals surface area contributed by atoms with E-state index >= 15 is 0 Å². The molecule has 21 heavy (non-hydrogen) atoms. The van der Waals surface area contributed by atoms with Crippen LogP contribution in [0.25, 0.3) is 10.8 Å². The predicted octanol–water partition coefficient (Wildman–Crippen LogP) is 6.30. The topological polar surface area (TPSA) is 0 Å². The van der Waals surface area contributed by atoms with Gasteiger partial charge in [0, 0.05) is 0 Å². The Balaban J connectivity index is 3.19. The Bertz CT molecular complexity index is 738. The van der Waals surface area contributed by atoms with Crippen LogP contribution in [-0.4, -0.2) is 0 Å². The second-order valence-electron chi connectivity index (χ2n) is 7.75. The molecule has 0 atom stereocenters. The first-order valence-electron chi connectivity index (χ1n) is 8.00. The summed E-state index contributed by atoms with van der Waals surface area (Å²) in [5, 5.41) is 2.97. The highest BCUT2D eigenvalue weighted by molar-refractivity contribution is 5.97. The molecule has 0 nitrogen and oxygen atoms in total. The van der Waals surface area contributed by atoms with Crippen molar-refractivity contribution in [2.75, 3.05) is 0 Å². The first kappa shape index (κ1) is 16.1. The Morgan fingerprint density at radius 2 is 0.762 bits per heavy atom. The fourth-order valence-corrected chi connectivity index (χ4v) is 4.16. The summed E-state index contributed by atoms with van der Waals surface area (Å²) in [7, 11) is 0. The van der Waals surface area contributed by atoms with Crippen molar-refractivity contribution in [3.8, 4) is 0 Å². The van der Waals surface area contributed by atoms with E-state index in [1.54, 1.807) is 0 Å². The molecule has 0 aliphatic rings. The number of aryl methyl sites for hydroxylation is 4. The maximum absolute atomic E-state index is 2.33. The lowest BCUT2D eigenvalue weighted by molar-refractivity contribution is 0.582. The zero-order chi connectivity index (χ0) is 16.3. The Kier molecular flexibility index (Phi) is 3.72. The van der Waals surface area contributed by atoms with Crippen molar-refractivity contribution in [2.45, 2.75) is 74.7 Å². The lowest BCUT2D eigenvalue weighted by atomic mass is 9.75. The smallest absolute Gasteiger partial charge is 0.0114 e. The first-order valence-corrected chi connectivity index (χ1v) is 8.00. The molecule has 0 N–H and O–H groups in total. The zero-order valence-corrected chi connectivity index (χ0v) is 15.5. The highest BCUT2D eigenvalue weighted by atomic mass is 14.3. The van der Waals surface area contributed by atoms with E-state index in [4.69, 9.17) is 0 Å². The highest BCUT2D eigenvalue weighted by Gasteiger charge is 2.24. The molecule has 0 aromatic heterocycles. The SMILES string of the molecule is Cc1c(C)c(C)c2c(C)c(C(C)(C)C)c(C)c(C)c2c1C. The molecule has 0 aliphatic heterocycles. The van der Waals surface area contributed by atoms with E-state index in [2.05, 4.69) is 69.2 Å². The molecule has 0 fully saturated rings. The molecule has 0 saturated carbocycles. The summed E-state index contributed by atoms with van der Waals surface area (Å²) in [5.74, 6) is 0. The molecule has 0 heterocycles. The highest BCUT2D eigenvalue weighted by Crippen LogP contribution is 2.40. The minimum atomic E-state index is 0.187. The minimum Gasteiger partial charge on any atom is -0.0561 e. The maximum Gasteiger partial charge on any atom is -0.0114 e. The van der Waals surface area contributed by atoms with Gasteiger partial charge in [-0.1, -0.05) is 20.8 Å². The number of benzene rings is 2. The van der Waals surface area contributed by atoms with Crippen LogP contribution in [0, 0.1) is 48.5 Å². The summed E-state index contributed by atoms with van der Waals surface area (Å²) in [6.45, 7) is 23.0. The number of fused-ring (bicyclic) bond motifs is 1. The van der Waals surface area contributed by atoms with Gasteiger partial charge < -0.3 is 0 Å². The average Bonchev–Trinajstić information content (AvgIpc) is 2.36. The summed E-state index contributed by atoms with van der Waals surface area (Å²) in [5.41, 5.74) is 11.9. The summed E-state index contributed by atoms with van der Waals surface area (Å²) in [6.07, 6.45) is 0. The van der Waals surface area contributed by atoms with Crippen LogP contribution in [0.15, 0.2) is 0 Å². The number of hydrogen-bond donors (Lipinski definition) is 0. The van der Waals surface area contributed by atoms with E-state index in [-0.39, 0.29) is 5.41 Å². The van der Waals surface area contributed by atoms with E-state index in [1.807, 2.05) is 0 Å². The summed E-state index contributed by atoms with van der Waals surface area (Å²) in [4.78, 5) is 0. The molecule has 2 aromatic carbocycles. The van der Waals surface area contributed by atoms with Crippen molar-refractivity contribution in [3.05, 3.63) is 44.5 Å². The van der Waals surface area contributed by atoms with Crippen molar-refractivity contribution in [2.24, 2.45) is 0 Å². The normalized spacial score (nSPS) is 12.3. The standard InChI is InChI=1S/C21H30/c1-11-12(2)14(4)19-17(7)20(21(8,9)10)16(6)15(5)18(19)13(11)3/h1-10H3. The molecule has 0 saturated heterocycles. The second kappa shape index (κ2) is 4.87. The largest absolute Gasteiger partial charge is 0.0561 e. The molecule has 2 rings (SSSR count). The second-order valence-corrected chi connectivity index (χ2v) is 7.75. The van der Waals surface area contributed by atoms with Gasteiger partial charge in [0.15, 0.2) is 0 Å². The third kappa shape index (κ3) is 2.20. The van der Waals surface area contributed by atoms with Gasteiger partial charge in [-0.15, -0.1) is 0 Å². The van der Waals surface area contributed by atoms with Crippen molar-refractivity contribution < 1.29 is 0 Å². The third-order valence-corrected chi connectivity index (χ3v) is 5.50. The van der Waals surface area contributed by atoms with Crippen LogP contribution in [0.5, 0.6) is 0 Å². The van der Waals surface area contributed by atoms with Gasteiger partial charge in [0.05, 0.1) is 0 Å². The van der Waals surface area contributed by atoms with Gasteiger partial charge in [0.25, 0.3) is 0 Å². The fraction of sp³-hybridized carbons (Fsp3) is 0.524. The molecule has 0 heteroatoms. The van der Waals surface area contributed by atoms with E-state index in [0.29, 0.717) is 0 Å². The van der Waals surface area contributed by atoms with Crippen LogP contribution in [0.1, 0.15) is 65.3 Å². The Morgan fingerprint density at radius 1 is 0.429 bits per heavy atom. The van der Waals surface area contributed by atoms with Crippen molar-refractivity contribution in [3.63, 3.8) is 0 Å². The van der Waals surface area contributed by atoms with Gasteiger partial charge in [-0.25, -0.2) is 0 Å². The molecule has 0 amide bonds. The summed E-state index contributed by atoms with van der Waals surface area (Å²) in [6, 6.07) is 0. The van der Waals surface area contributed by atoms with E-state index in [1.165, 1.54) is 55.3 Å². The first-order chi connectivity index (χ1) is 9.50. The molecule has 0 radical (unpaired) electrons. The maximum atomic E-state index is 2.33. The molecule has 2 aromatic rings. The summed E-state index contributed by atoms with van der Waals surface area (Å²) < 4.78 is 0.